The lowest BCUT2D eigenvalue weighted by molar-refractivity contribution is 0.102. The Morgan fingerprint density at radius 2 is 1.74 bits per heavy atom. The van der Waals surface area contributed by atoms with Gasteiger partial charge in [-0.05, 0) is 55.7 Å². The van der Waals surface area contributed by atoms with Crippen LogP contribution in [-0.4, -0.2) is 43.8 Å². The van der Waals surface area contributed by atoms with Gasteiger partial charge in [0, 0.05) is 18.7 Å². The summed E-state index contributed by atoms with van der Waals surface area (Å²) in [5, 5.41) is 3.28. The van der Waals surface area contributed by atoms with Gasteiger partial charge >= 0.3 is 0 Å². The lowest BCUT2D eigenvalue weighted by atomic mass is 10.2. The lowest BCUT2D eigenvalue weighted by Crippen LogP contribution is -2.31. The van der Waals surface area contributed by atoms with E-state index in [-0.39, 0.29) is 10.8 Å². The first-order valence-electron chi connectivity index (χ1n) is 10.3. The number of thiazole rings is 1. The normalized spacial score (nSPS) is 15.5. The van der Waals surface area contributed by atoms with E-state index in [9.17, 15) is 13.2 Å². The van der Waals surface area contributed by atoms with Crippen LogP contribution < -0.4 is 10.1 Å². The minimum absolute atomic E-state index is 0.214. The van der Waals surface area contributed by atoms with E-state index in [1.54, 1.807) is 23.5 Å². The number of nitrogens with zero attached hydrogens (tertiary/aromatic N) is 2. The van der Waals surface area contributed by atoms with Crippen LogP contribution in [0.25, 0.3) is 10.2 Å². The summed E-state index contributed by atoms with van der Waals surface area (Å²) in [7, 11) is -1.95. The third-order valence-corrected chi connectivity index (χ3v) is 8.48. The van der Waals surface area contributed by atoms with Gasteiger partial charge in [-0.2, -0.15) is 4.31 Å². The quantitative estimate of drug-likeness (QED) is 0.610. The van der Waals surface area contributed by atoms with E-state index in [1.165, 1.54) is 23.5 Å². The first-order chi connectivity index (χ1) is 14.9. The SMILES string of the molecule is COc1ccc(C)c2sc(NC(=O)c3ccc(S(=O)(=O)N4CCCCCC4)cc3)nc12. The summed E-state index contributed by atoms with van der Waals surface area (Å²) in [6.45, 7) is 3.07. The number of sulfonamides is 1. The van der Waals surface area contributed by atoms with E-state index in [0.29, 0.717) is 35.1 Å². The standard InChI is InChI=1S/C22H25N3O4S2/c1-15-7-12-18(29-2)19-20(15)30-22(23-19)24-21(26)16-8-10-17(11-9-16)31(27,28)25-13-5-3-4-6-14-25/h7-12H,3-6,13-14H2,1-2H3,(H,23,24,26). The smallest absolute Gasteiger partial charge is 0.257 e. The molecule has 1 aromatic heterocycles. The summed E-state index contributed by atoms with van der Waals surface area (Å²) in [6.07, 6.45) is 3.88. The fourth-order valence-corrected chi connectivity index (χ4v) is 6.17. The highest BCUT2D eigenvalue weighted by Crippen LogP contribution is 2.35. The monoisotopic (exact) mass is 459 g/mol. The molecule has 1 aliphatic rings. The third-order valence-electron chi connectivity index (χ3n) is 5.46. The first-order valence-corrected chi connectivity index (χ1v) is 12.5. The van der Waals surface area contributed by atoms with Crippen molar-refractivity contribution in [2.75, 3.05) is 25.5 Å². The van der Waals surface area contributed by atoms with Gasteiger partial charge in [-0.15, -0.1) is 0 Å². The van der Waals surface area contributed by atoms with Crippen molar-refractivity contribution < 1.29 is 17.9 Å². The molecule has 4 rings (SSSR count). The van der Waals surface area contributed by atoms with Gasteiger partial charge in [0.25, 0.3) is 5.91 Å². The molecule has 2 aromatic carbocycles. The maximum absolute atomic E-state index is 12.9. The fourth-order valence-electron chi connectivity index (χ4n) is 3.71. The zero-order valence-corrected chi connectivity index (χ0v) is 19.2. The number of hydrogen-bond acceptors (Lipinski definition) is 6. The predicted molar refractivity (Wildman–Crippen MR) is 123 cm³/mol. The molecular weight excluding hydrogens is 434 g/mol. The van der Waals surface area contributed by atoms with Crippen molar-refractivity contribution in [3.05, 3.63) is 47.5 Å². The number of amides is 1. The average Bonchev–Trinajstić information content (AvgIpc) is 3.00. The molecule has 31 heavy (non-hydrogen) atoms. The zero-order valence-electron chi connectivity index (χ0n) is 17.6. The van der Waals surface area contributed by atoms with E-state index in [0.717, 1.165) is 35.9 Å². The minimum Gasteiger partial charge on any atom is -0.494 e. The molecule has 0 spiro atoms. The fraction of sp³-hybridized carbons (Fsp3) is 0.364. The van der Waals surface area contributed by atoms with Crippen LogP contribution in [0.15, 0.2) is 41.3 Å². The number of carbonyl (C=O) groups excluding carboxylic acids is 1. The first kappa shape index (κ1) is 21.7. The molecule has 1 amide bonds. The van der Waals surface area contributed by atoms with Crippen LogP contribution in [0.4, 0.5) is 5.13 Å². The number of benzene rings is 2. The van der Waals surface area contributed by atoms with Crippen molar-refractivity contribution in [1.82, 2.24) is 9.29 Å². The Morgan fingerprint density at radius 3 is 2.39 bits per heavy atom. The number of aryl methyl sites for hydroxylation is 1. The van der Waals surface area contributed by atoms with Gasteiger partial charge < -0.3 is 4.74 Å². The molecule has 164 valence electrons. The molecule has 0 saturated carbocycles. The molecule has 0 aliphatic carbocycles. The average molecular weight is 460 g/mol. The van der Waals surface area contributed by atoms with Crippen LogP contribution in [-0.2, 0) is 10.0 Å². The Bertz CT molecular complexity index is 1200. The molecule has 0 radical (unpaired) electrons. The highest BCUT2D eigenvalue weighted by molar-refractivity contribution is 7.89. The van der Waals surface area contributed by atoms with Gasteiger partial charge in [-0.1, -0.05) is 30.2 Å². The molecule has 9 heteroatoms. The van der Waals surface area contributed by atoms with Gasteiger partial charge in [0.1, 0.15) is 11.3 Å². The van der Waals surface area contributed by atoms with Crippen LogP contribution in [0.3, 0.4) is 0 Å². The highest BCUT2D eigenvalue weighted by atomic mass is 32.2. The van der Waals surface area contributed by atoms with Crippen molar-refractivity contribution in [2.24, 2.45) is 0 Å². The molecule has 0 atom stereocenters. The summed E-state index contributed by atoms with van der Waals surface area (Å²) in [5.41, 5.74) is 2.14. The van der Waals surface area contributed by atoms with E-state index >= 15 is 0 Å². The Morgan fingerprint density at radius 1 is 1.06 bits per heavy atom. The summed E-state index contributed by atoms with van der Waals surface area (Å²) in [6, 6.07) is 9.89. The van der Waals surface area contributed by atoms with Crippen LogP contribution >= 0.6 is 11.3 Å². The second-order valence-corrected chi connectivity index (χ2v) is 10.5. The summed E-state index contributed by atoms with van der Waals surface area (Å²) in [4.78, 5) is 17.4. The van der Waals surface area contributed by atoms with Crippen molar-refractivity contribution in [3.63, 3.8) is 0 Å². The maximum atomic E-state index is 12.9. The second-order valence-electron chi connectivity index (χ2n) is 7.58. The van der Waals surface area contributed by atoms with Gasteiger partial charge in [0.05, 0.1) is 16.7 Å². The Balaban J connectivity index is 1.52. The van der Waals surface area contributed by atoms with Gasteiger partial charge in [-0.25, -0.2) is 13.4 Å². The molecular formula is C22H25N3O4S2. The number of fused-ring (bicyclic) bond motifs is 1. The van der Waals surface area contributed by atoms with Crippen molar-refractivity contribution >= 4 is 42.6 Å². The molecule has 3 aromatic rings. The molecule has 1 saturated heterocycles. The van der Waals surface area contributed by atoms with Crippen molar-refractivity contribution in [1.29, 1.82) is 0 Å². The Hall–Kier alpha value is -2.49. The van der Waals surface area contributed by atoms with Gasteiger partial charge in [0.2, 0.25) is 10.0 Å². The number of anilines is 1. The van der Waals surface area contributed by atoms with Gasteiger partial charge in [-0.3, -0.25) is 10.1 Å². The molecule has 1 aliphatic heterocycles. The molecule has 1 N–H and O–H groups in total. The van der Waals surface area contributed by atoms with Crippen LogP contribution in [0.1, 0.15) is 41.6 Å². The number of nitrogens with one attached hydrogen (secondary N) is 1. The summed E-state index contributed by atoms with van der Waals surface area (Å²) >= 11 is 1.38. The number of hydrogen-bond donors (Lipinski definition) is 1. The van der Waals surface area contributed by atoms with E-state index in [2.05, 4.69) is 10.3 Å². The van der Waals surface area contributed by atoms with E-state index in [1.807, 2.05) is 19.1 Å². The Kier molecular flexibility index (Phi) is 6.27. The van der Waals surface area contributed by atoms with Crippen LogP contribution in [0.5, 0.6) is 5.75 Å². The topological polar surface area (TPSA) is 88.6 Å². The zero-order chi connectivity index (χ0) is 22.0. The van der Waals surface area contributed by atoms with Gasteiger partial charge in [0.15, 0.2) is 5.13 Å². The Labute approximate surface area is 186 Å². The third kappa shape index (κ3) is 4.44. The largest absolute Gasteiger partial charge is 0.494 e. The number of carbonyl (C=O) groups is 1. The lowest BCUT2D eigenvalue weighted by Gasteiger charge is -2.20. The molecule has 7 nitrogen and oxygen atoms in total. The molecule has 0 bridgehead atoms. The minimum atomic E-state index is -3.54. The van der Waals surface area contributed by atoms with Crippen molar-refractivity contribution in [2.45, 2.75) is 37.5 Å². The molecule has 2 heterocycles. The van der Waals surface area contributed by atoms with E-state index in [4.69, 9.17) is 4.74 Å². The number of methoxy groups -OCH3 is 1. The summed E-state index contributed by atoms with van der Waals surface area (Å²) in [5.74, 6) is 0.315. The van der Waals surface area contributed by atoms with Crippen molar-refractivity contribution in [3.8, 4) is 5.75 Å². The maximum Gasteiger partial charge on any atom is 0.257 e. The number of ether oxygens (including phenoxy) is 1. The molecule has 0 unspecified atom stereocenters. The number of rotatable bonds is 5. The van der Waals surface area contributed by atoms with Crippen LogP contribution in [0.2, 0.25) is 0 Å². The summed E-state index contributed by atoms with van der Waals surface area (Å²) < 4.78 is 33.7. The number of aromatic nitrogens is 1. The second kappa shape index (κ2) is 8.94. The predicted octanol–water partition coefficient (Wildman–Crippen LogP) is 4.43. The van der Waals surface area contributed by atoms with Crippen LogP contribution in [0, 0.1) is 6.92 Å². The van der Waals surface area contributed by atoms with E-state index < -0.39 is 10.0 Å². The highest BCUT2D eigenvalue weighted by Gasteiger charge is 2.25. The molecule has 1 fully saturated rings.